The van der Waals surface area contributed by atoms with Gasteiger partial charge in [-0.1, -0.05) is 12.1 Å². The van der Waals surface area contributed by atoms with Crippen molar-refractivity contribution < 1.29 is 9.59 Å². The second kappa shape index (κ2) is 14.0. The molecule has 0 aromatic carbocycles. The van der Waals surface area contributed by atoms with E-state index in [9.17, 15) is 9.59 Å². The molecule has 0 fully saturated rings. The predicted octanol–water partition coefficient (Wildman–Crippen LogP) is 3.15. The summed E-state index contributed by atoms with van der Waals surface area (Å²) in [6.07, 6.45) is 6.16. The number of amides is 2. The molecule has 0 aliphatic carbocycles. The zero-order valence-corrected chi connectivity index (χ0v) is 17.4. The fourth-order valence-electron chi connectivity index (χ4n) is 2.24. The van der Waals surface area contributed by atoms with Crippen LogP contribution in [0.2, 0.25) is 0 Å². The number of hydrogen-bond acceptors (Lipinski definition) is 6. The normalized spacial score (nSPS) is 10.4. The zero-order chi connectivity index (χ0) is 19.9. The largest absolute Gasteiger partial charge is 0.356 e. The Hall–Kier alpha value is -2.06. The molecule has 0 aliphatic rings. The van der Waals surface area contributed by atoms with Gasteiger partial charge in [0.05, 0.1) is 10.1 Å². The van der Waals surface area contributed by atoms with Crippen LogP contribution in [-0.2, 0) is 9.59 Å². The maximum Gasteiger partial charge on any atom is 0.220 e. The van der Waals surface area contributed by atoms with Gasteiger partial charge in [-0.3, -0.25) is 9.59 Å². The Balaban J connectivity index is 1.40. The van der Waals surface area contributed by atoms with Crippen molar-refractivity contribution in [2.24, 2.45) is 0 Å². The number of thioether (sulfide) groups is 2. The van der Waals surface area contributed by atoms with Crippen LogP contribution in [0.25, 0.3) is 0 Å². The summed E-state index contributed by atoms with van der Waals surface area (Å²) >= 11 is 3.16. The summed E-state index contributed by atoms with van der Waals surface area (Å²) in [5, 5.41) is 7.70. The fourth-order valence-corrected chi connectivity index (χ4v) is 3.86. The molecular formula is C20H26N4O2S2. The van der Waals surface area contributed by atoms with Gasteiger partial charge in [0.25, 0.3) is 0 Å². The van der Waals surface area contributed by atoms with E-state index in [1.54, 1.807) is 35.9 Å². The summed E-state index contributed by atoms with van der Waals surface area (Å²) < 4.78 is 0. The SMILES string of the molecule is O=C(CCSc1ccccn1)NCCCCNC(=O)CCSc1ccccn1. The van der Waals surface area contributed by atoms with Crippen LogP contribution in [0.15, 0.2) is 58.8 Å². The number of unbranched alkanes of at least 4 members (excludes halogenated alkanes) is 1. The molecule has 2 N–H and O–H groups in total. The molecule has 0 aliphatic heterocycles. The van der Waals surface area contributed by atoms with E-state index in [2.05, 4.69) is 20.6 Å². The first-order valence-electron chi connectivity index (χ1n) is 9.35. The van der Waals surface area contributed by atoms with Gasteiger partial charge >= 0.3 is 0 Å². The Morgan fingerprint density at radius 3 is 1.61 bits per heavy atom. The van der Waals surface area contributed by atoms with Crippen molar-refractivity contribution in [3.63, 3.8) is 0 Å². The van der Waals surface area contributed by atoms with Crippen LogP contribution in [0, 0.1) is 0 Å². The van der Waals surface area contributed by atoms with E-state index in [1.165, 1.54) is 0 Å². The molecule has 28 heavy (non-hydrogen) atoms. The standard InChI is InChI=1S/C20H26N4O2S2/c25-17(9-15-27-19-7-1-3-13-23-19)21-11-5-6-12-22-18(26)10-16-28-20-8-2-4-14-24-20/h1-4,7-8,13-14H,5-6,9-12,15-16H2,(H,21,25)(H,22,26). The lowest BCUT2D eigenvalue weighted by molar-refractivity contribution is -0.121. The first-order chi connectivity index (χ1) is 13.7. The van der Waals surface area contributed by atoms with Crippen LogP contribution in [0.1, 0.15) is 25.7 Å². The van der Waals surface area contributed by atoms with Crippen molar-refractivity contribution in [3.8, 4) is 0 Å². The minimum absolute atomic E-state index is 0.0546. The number of carbonyl (C=O) groups excluding carboxylic acids is 2. The van der Waals surface area contributed by atoms with Crippen molar-refractivity contribution in [2.75, 3.05) is 24.6 Å². The van der Waals surface area contributed by atoms with Gasteiger partial charge < -0.3 is 10.6 Å². The fraction of sp³-hybridized carbons (Fsp3) is 0.400. The summed E-state index contributed by atoms with van der Waals surface area (Å²) in [6, 6.07) is 11.5. The Kier molecular flexibility index (Phi) is 11.1. The summed E-state index contributed by atoms with van der Waals surface area (Å²) in [4.78, 5) is 32.0. The topological polar surface area (TPSA) is 84.0 Å². The third-order valence-corrected chi connectivity index (χ3v) is 5.57. The van der Waals surface area contributed by atoms with Crippen molar-refractivity contribution in [1.29, 1.82) is 0 Å². The maximum absolute atomic E-state index is 11.8. The average Bonchev–Trinajstić information content (AvgIpc) is 2.72. The van der Waals surface area contributed by atoms with E-state index in [0.29, 0.717) is 25.9 Å². The van der Waals surface area contributed by atoms with Crippen molar-refractivity contribution >= 4 is 35.3 Å². The molecule has 0 spiro atoms. The molecule has 2 aromatic rings. The lowest BCUT2D eigenvalue weighted by atomic mass is 10.3. The minimum Gasteiger partial charge on any atom is -0.356 e. The minimum atomic E-state index is 0.0546. The smallest absolute Gasteiger partial charge is 0.220 e. The highest BCUT2D eigenvalue weighted by Crippen LogP contribution is 2.15. The first kappa shape index (κ1) is 22.2. The molecule has 150 valence electrons. The molecule has 2 heterocycles. The molecule has 2 rings (SSSR count). The van der Waals surface area contributed by atoms with Crippen LogP contribution in [0.3, 0.4) is 0 Å². The Morgan fingerprint density at radius 1 is 0.750 bits per heavy atom. The average molecular weight is 419 g/mol. The molecule has 6 nitrogen and oxygen atoms in total. The zero-order valence-electron chi connectivity index (χ0n) is 15.8. The quantitative estimate of drug-likeness (QED) is 0.384. The molecule has 0 bridgehead atoms. The number of nitrogens with one attached hydrogen (secondary N) is 2. The summed E-state index contributed by atoms with van der Waals surface area (Å²) in [7, 11) is 0. The van der Waals surface area contributed by atoms with Crippen LogP contribution in [0.4, 0.5) is 0 Å². The Bertz CT molecular complexity index is 640. The van der Waals surface area contributed by atoms with E-state index in [-0.39, 0.29) is 11.8 Å². The first-order valence-corrected chi connectivity index (χ1v) is 11.3. The van der Waals surface area contributed by atoms with Crippen molar-refractivity contribution in [1.82, 2.24) is 20.6 Å². The summed E-state index contributed by atoms with van der Waals surface area (Å²) in [5.74, 6) is 1.54. The maximum atomic E-state index is 11.8. The van der Waals surface area contributed by atoms with Gasteiger partial charge in [-0.25, -0.2) is 9.97 Å². The second-order valence-electron chi connectivity index (χ2n) is 5.94. The van der Waals surface area contributed by atoms with Gasteiger partial charge in [0, 0.05) is 49.8 Å². The lowest BCUT2D eigenvalue weighted by Crippen LogP contribution is -2.27. The molecule has 0 radical (unpaired) electrons. The van der Waals surface area contributed by atoms with E-state index in [1.807, 2.05) is 36.4 Å². The summed E-state index contributed by atoms with van der Waals surface area (Å²) in [5.41, 5.74) is 0. The van der Waals surface area contributed by atoms with Crippen molar-refractivity contribution in [3.05, 3.63) is 48.8 Å². The molecule has 0 atom stereocenters. The number of hydrogen-bond donors (Lipinski definition) is 2. The van der Waals surface area contributed by atoms with Gasteiger partial charge in [0.2, 0.25) is 11.8 Å². The highest BCUT2D eigenvalue weighted by atomic mass is 32.2. The molecule has 2 aromatic heterocycles. The van der Waals surface area contributed by atoms with Gasteiger partial charge in [-0.2, -0.15) is 0 Å². The van der Waals surface area contributed by atoms with Gasteiger partial charge in [-0.05, 0) is 37.1 Å². The molecule has 0 saturated heterocycles. The van der Waals surface area contributed by atoms with Gasteiger partial charge in [0.1, 0.15) is 0 Å². The molecule has 0 unspecified atom stereocenters. The van der Waals surface area contributed by atoms with Gasteiger partial charge in [-0.15, -0.1) is 23.5 Å². The third kappa shape index (κ3) is 10.3. The molecule has 0 saturated carbocycles. The number of pyridine rings is 2. The van der Waals surface area contributed by atoms with E-state index < -0.39 is 0 Å². The van der Waals surface area contributed by atoms with E-state index in [0.717, 1.165) is 34.4 Å². The second-order valence-corrected chi connectivity index (χ2v) is 8.17. The van der Waals surface area contributed by atoms with Crippen LogP contribution in [-0.4, -0.2) is 46.4 Å². The van der Waals surface area contributed by atoms with Gasteiger partial charge in [0.15, 0.2) is 0 Å². The van der Waals surface area contributed by atoms with Crippen molar-refractivity contribution in [2.45, 2.75) is 35.7 Å². The van der Waals surface area contributed by atoms with Crippen LogP contribution < -0.4 is 10.6 Å². The number of carbonyl (C=O) groups is 2. The lowest BCUT2D eigenvalue weighted by Gasteiger charge is -2.07. The monoisotopic (exact) mass is 418 g/mol. The number of nitrogens with zero attached hydrogens (tertiary/aromatic N) is 2. The third-order valence-electron chi connectivity index (χ3n) is 3.68. The van der Waals surface area contributed by atoms with Crippen LogP contribution in [0.5, 0.6) is 0 Å². The predicted molar refractivity (Wildman–Crippen MR) is 114 cm³/mol. The highest BCUT2D eigenvalue weighted by molar-refractivity contribution is 7.99. The Morgan fingerprint density at radius 2 is 1.21 bits per heavy atom. The summed E-state index contributed by atoms with van der Waals surface area (Å²) in [6.45, 7) is 1.27. The highest BCUT2D eigenvalue weighted by Gasteiger charge is 2.04. The number of rotatable bonds is 13. The van der Waals surface area contributed by atoms with E-state index >= 15 is 0 Å². The molecular weight excluding hydrogens is 392 g/mol. The van der Waals surface area contributed by atoms with Crippen LogP contribution >= 0.6 is 23.5 Å². The number of aromatic nitrogens is 2. The molecule has 2 amide bonds. The van der Waals surface area contributed by atoms with E-state index in [4.69, 9.17) is 0 Å². The molecule has 8 heteroatoms. The Labute approximate surface area is 174 Å².